The fourth-order valence-corrected chi connectivity index (χ4v) is 16.0. The van der Waals surface area contributed by atoms with Crippen molar-refractivity contribution >= 4 is 0 Å². The molecular formula is C53H90O22. The first-order chi connectivity index (χ1) is 35.1. The number of allylic oxidation sites excluding steroid dienone is 2. The molecule has 8 aliphatic rings. The van der Waals surface area contributed by atoms with E-state index in [9.17, 15) is 71.5 Å². The highest BCUT2D eigenvalue weighted by Gasteiger charge is 2.72. The van der Waals surface area contributed by atoms with Crippen LogP contribution in [0.1, 0.15) is 113 Å². The smallest absolute Gasteiger partial charge is 0.187 e. The zero-order valence-electron chi connectivity index (χ0n) is 44.7. The Morgan fingerprint density at radius 1 is 0.587 bits per heavy atom. The van der Waals surface area contributed by atoms with Crippen molar-refractivity contribution in [1.82, 2.24) is 0 Å². The monoisotopic (exact) mass is 1080 g/mol. The molecule has 5 unspecified atom stereocenters. The van der Waals surface area contributed by atoms with Crippen LogP contribution < -0.4 is 0 Å². The van der Waals surface area contributed by atoms with E-state index in [1.54, 1.807) is 0 Å². The van der Waals surface area contributed by atoms with Gasteiger partial charge in [-0.15, -0.1) is 0 Å². The number of fused-ring (bicyclic) bond motifs is 5. The maximum atomic E-state index is 12.8. The third-order valence-corrected chi connectivity index (χ3v) is 20.5. The number of ether oxygens (including phenoxy) is 8. The Morgan fingerprint density at radius 2 is 1.16 bits per heavy atom. The first-order valence-electron chi connectivity index (χ1n) is 27.3. The highest BCUT2D eigenvalue weighted by atomic mass is 16.8. The normalized spacial score (nSPS) is 52.7. The number of hydrogen-bond donors (Lipinski definition) is 14. The Kier molecular flexibility index (Phi) is 18.1. The van der Waals surface area contributed by atoms with Gasteiger partial charge in [0.25, 0.3) is 0 Å². The van der Waals surface area contributed by atoms with E-state index in [-0.39, 0.29) is 41.1 Å². The minimum atomic E-state index is -1.81. The van der Waals surface area contributed by atoms with Gasteiger partial charge in [-0.1, -0.05) is 46.3 Å². The lowest BCUT2D eigenvalue weighted by atomic mass is 9.35. The summed E-state index contributed by atoms with van der Waals surface area (Å²) in [5.41, 5.74) is -1.48. The van der Waals surface area contributed by atoms with Crippen molar-refractivity contribution in [3.05, 3.63) is 11.6 Å². The molecule has 8 fully saturated rings. The predicted octanol–water partition coefficient (Wildman–Crippen LogP) is -1.56. The molecule has 434 valence electrons. The molecule has 75 heavy (non-hydrogen) atoms. The summed E-state index contributed by atoms with van der Waals surface area (Å²) in [4.78, 5) is 0. The van der Waals surface area contributed by atoms with E-state index < -0.39 is 165 Å². The molecule has 4 aliphatic heterocycles. The van der Waals surface area contributed by atoms with Crippen molar-refractivity contribution in [3.8, 4) is 0 Å². The van der Waals surface area contributed by atoms with Gasteiger partial charge in [-0.2, -0.15) is 0 Å². The molecule has 0 amide bonds. The Labute approximate surface area is 439 Å². The summed E-state index contributed by atoms with van der Waals surface area (Å²) < 4.78 is 48.8. The van der Waals surface area contributed by atoms with Gasteiger partial charge < -0.3 is 109 Å². The largest absolute Gasteiger partial charge is 0.394 e. The average molecular weight is 1080 g/mol. The van der Waals surface area contributed by atoms with Gasteiger partial charge in [0, 0.05) is 0 Å². The van der Waals surface area contributed by atoms with Gasteiger partial charge in [-0.3, -0.25) is 0 Å². The van der Waals surface area contributed by atoms with Gasteiger partial charge in [-0.25, -0.2) is 0 Å². The fraction of sp³-hybridized carbons (Fsp3) is 0.962. The van der Waals surface area contributed by atoms with Crippen LogP contribution in [-0.4, -0.2) is 232 Å². The molecule has 0 aromatic carbocycles. The third kappa shape index (κ3) is 10.6. The van der Waals surface area contributed by atoms with Crippen LogP contribution in [0.25, 0.3) is 0 Å². The predicted molar refractivity (Wildman–Crippen MR) is 260 cm³/mol. The van der Waals surface area contributed by atoms with Crippen LogP contribution in [-0.2, 0) is 37.9 Å². The minimum Gasteiger partial charge on any atom is -0.394 e. The molecule has 0 radical (unpaired) electrons. The van der Waals surface area contributed by atoms with Crippen molar-refractivity contribution in [2.45, 2.75) is 248 Å². The first-order valence-corrected chi connectivity index (χ1v) is 27.3. The van der Waals surface area contributed by atoms with E-state index in [0.717, 1.165) is 24.8 Å². The molecule has 0 aromatic heterocycles. The highest BCUT2D eigenvalue weighted by Crippen LogP contribution is 2.76. The second kappa shape index (κ2) is 22.7. The van der Waals surface area contributed by atoms with Crippen molar-refractivity contribution in [2.75, 3.05) is 26.4 Å². The van der Waals surface area contributed by atoms with Crippen LogP contribution >= 0.6 is 0 Å². The molecule has 29 atom stereocenters. The quantitative estimate of drug-likeness (QED) is 0.0651. The molecule has 22 nitrogen and oxygen atoms in total. The summed E-state index contributed by atoms with van der Waals surface area (Å²) in [7, 11) is 0. The van der Waals surface area contributed by atoms with E-state index in [1.807, 2.05) is 20.8 Å². The summed E-state index contributed by atoms with van der Waals surface area (Å²) in [6.45, 7) is 15.1. The van der Waals surface area contributed by atoms with Crippen molar-refractivity contribution in [3.63, 3.8) is 0 Å². The Morgan fingerprint density at radius 3 is 1.80 bits per heavy atom. The zero-order chi connectivity index (χ0) is 55.1. The van der Waals surface area contributed by atoms with Gasteiger partial charge in [0.2, 0.25) is 0 Å². The Hall–Kier alpha value is -1.14. The summed E-state index contributed by atoms with van der Waals surface area (Å²) >= 11 is 0. The molecule has 4 saturated heterocycles. The van der Waals surface area contributed by atoms with Crippen LogP contribution in [0.5, 0.6) is 0 Å². The van der Waals surface area contributed by atoms with Gasteiger partial charge in [0.15, 0.2) is 25.2 Å². The molecule has 8 rings (SSSR count). The summed E-state index contributed by atoms with van der Waals surface area (Å²) in [6.07, 6.45) is -22.6. The molecular weight excluding hydrogens is 989 g/mol. The third-order valence-electron chi connectivity index (χ3n) is 20.5. The Bertz CT molecular complexity index is 1940. The lowest BCUT2D eigenvalue weighted by Crippen LogP contribution is -2.68. The summed E-state index contributed by atoms with van der Waals surface area (Å²) in [5, 5.41) is 151. The van der Waals surface area contributed by atoms with Gasteiger partial charge in [0.05, 0.1) is 44.2 Å². The first kappa shape index (κ1) is 60.0. The highest BCUT2D eigenvalue weighted by molar-refractivity contribution is 5.20. The van der Waals surface area contributed by atoms with Crippen molar-refractivity contribution in [1.29, 1.82) is 0 Å². The van der Waals surface area contributed by atoms with Crippen LogP contribution in [0.15, 0.2) is 11.6 Å². The number of rotatable bonds is 15. The van der Waals surface area contributed by atoms with Crippen LogP contribution in [0.3, 0.4) is 0 Å². The number of aliphatic hydroxyl groups is 14. The maximum absolute atomic E-state index is 12.8. The van der Waals surface area contributed by atoms with E-state index >= 15 is 0 Å². The van der Waals surface area contributed by atoms with E-state index in [1.165, 1.54) is 0 Å². The Balaban J connectivity index is 1.01. The van der Waals surface area contributed by atoms with Crippen LogP contribution in [0.4, 0.5) is 0 Å². The summed E-state index contributed by atoms with van der Waals surface area (Å²) in [6, 6.07) is 0. The van der Waals surface area contributed by atoms with Gasteiger partial charge in [0.1, 0.15) is 91.6 Å². The lowest BCUT2D eigenvalue weighted by molar-refractivity contribution is -0.378. The van der Waals surface area contributed by atoms with E-state index in [2.05, 4.69) is 40.7 Å². The second-order valence-electron chi connectivity index (χ2n) is 25.3. The lowest BCUT2D eigenvalue weighted by Gasteiger charge is -2.71. The fourth-order valence-electron chi connectivity index (χ4n) is 16.0. The molecule has 0 bridgehead atoms. The standard InChI is InChI=1S/C53H90O22/c1-23(2)10-9-14-53(8,75-47-43(67)39(63)37(61)29(72-47)22-69-45-41(65)34(58)26(57)21-68-45)24-11-16-52(7)33(24)25(56)18-31-50(5)15-13-32(49(3,4)30(50)12-17-51(31,52)6)73-48-44(40(64)36(60)28(20-55)71-48)74-46-42(66)38(62)35(59)27(19-54)70-46/h10,24-48,54-67H,9,11-22H2,1-8H3/t24?,25-,26+,27-,28-,29-,30?,31?,32+,33+,34-,35-,36-,37-,38-,39-,40-,41-,42-,43-,44-,45+,46+,47+,48+,50+,51-,52?,53?/m1/s1. The van der Waals surface area contributed by atoms with Crippen LogP contribution in [0.2, 0.25) is 0 Å². The maximum Gasteiger partial charge on any atom is 0.187 e. The molecule has 22 heteroatoms. The van der Waals surface area contributed by atoms with Gasteiger partial charge in [-0.05, 0) is 124 Å². The molecule has 4 aliphatic carbocycles. The molecule has 0 spiro atoms. The van der Waals surface area contributed by atoms with Crippen molar-refractivity contribution < 1.29 is 109 Å². The molecule has 4 heterocycles. The van der Waals surface area contributed by atoms with Gasteiger partial charge >= 0.3 is 0 Å². The van der Waals surface area contributed by atoms with Crippen LogP contribution in [0, 0.1) is 45.3 Å². The van der Waals surface area contributed by atoms with E-state index in [0.29, 0.717) is 38.5 Å². The second-order valence-corrected chi connectivity index (χ2v) is 25.3. The minimum absolute atomic E-state index is 0.0508. The molecule has 14 N–H and O–H groups in total. The topological polar surface area (TPSA) is 357 Å². The average Bonchev–Trinajstić information content (AvgIpc) is 3.75. The number of aliphatic hydroxyl groups excluding tert-OH is 14. The van der Waals surface area contributed by atoms with E-state index in [4.69, 9.17) is 37.9 Å². The summed E-state index contributed by atoms with van der Waals surface area (Å²) in [5.74, 6) is -0.395. The molecule has 0 aromatic rings. The SMILES string of the molecule is CC(C)=CCCC(C)(O[C@@H]1O[C@H](CO[C@@H]2OC[C@H](O)[C@@H](O)[C@H]2O)[C@@H](O)[C@@H](O)[C@H]1O)C1CCC2(C)[C@@H]1[C@H](O)CC1[C@@]3(C)CC[C@H](O[C@@H]4O[C@H](CO)[C@@H](O)[C@@H](O)[C@H]4O[C@@H]4O[C@H](CO)[C@@H](O)[C@@H](O)[C@H]4O)C(C)(C)C3CC[C@]12C. The number of hydrogen-bond acceptors (Lipinski definition) is 22. The molecule has 4 saturated carbocycles. The van der Waals surface area contributed by atoms with Crippen molar-refractivity contribution in [2.24, 2.45) is 45.3 Å². The zero-order valence-corrected chi connectivity index (χ0v) is 44.7.